The number of aryl methyl sites for hydroxylation is 2. The topological polar surface area (TPSA) is 65.7 Å². The van der Waals surface area contributed by atoms with E-state index in [1.54, 1.807) is 38.5 Å². The fourth-order valence-corrected chi connectivity index (χ4v) is 4.41. The number of methoxy groups -OCH3 is 2. The Hall–Kier alpha value is -2.61. The molecule has 0 spiro atoms. The van der Waals surface area contributed by atoms with Gasteiger partial charge in [-0.05, 0) is 47.9 Å². The standard InChI is InChI=1S/C21H17Cl2N3O3S/c1-28-16-7-3-12(9-17(16)29-2)4-8-19-24-21-26(25-19)20(27)18(30-21)10-13-5-6-14(22)11-15(13)23/h3,5-7,9-11H,4,8H2,1-2H3/b18-10-. The van der Waals surface area contributed by atoms with Gasteiger partial charge in [0.25, 0.3) is 5.56 Å². The number of nitrogens with zero attached hydrogens (tertiary/aromatic N) is 3. The molecule has 4 rings (SSSR count). The Morgan fingerprint density at radius 1 is 1.07 bits per heavy atom. The SMILES string of the molecule is COc1ccc(CCc2nc3s/c(=C\c4ccc(Cl)cc4Cl)c(=O)n3n2)cc1OC. The van der Waals surface area contributed by atoms with Gasteiger partial charge in [0.1, 0.15) is 0 Å². The minimum atomic E-state index is -0.217. The van der Waals surface area contributed by atoms with Crippen molar-refractivity contribution in [3.8, 4) is 11.5 Å². The van der Waals surface area contributed by atoms with Gasteiger partial charge < -0.3 is 9.47 Å². The molecule has 0 unspecified atom stereocenters. The first-order chi connectivity index (χ1) is 14.5. The maximum Gasteiger partial charge on any atom is 0.291 e. The maximum atomic E-state index is 12.7. The van der Waals surface area contributed by atoms with E-state index in [4.69, 9.17) is 32.7 Å². The lowest BCUT2D eigenvalue weighted by atomic mass is 10.1. The molecule has 2 aromatic heterocycles. The molecule has 0 aliphatic carbocycles. The second-order valence-corrected chi connectivity index (χ2v) is 8.35. The predicted molar refractivity (Wildman–Crippen MR) is 119 cm³/mol. The Bertz CT molecular complexity index is 1330. The highest BCUT2D eigenvalue weighted by molar-refractivity contribution is 7.15. The van der Waals surface area contributed by atoms with Crippen LogP contribution in [0.2, 0.25) is 10.0 Å². The Morgan fingerprint density at radius 3 is 2.57 bits per heavy atom. The third-order valence-electron chi connectivity index (χ3n) is 4.56. The van der Waals surface area contributed by atoms with Crippen molar-refractivity contribution in [3.63, 3.8) is 0 Å². The molecule has 2 heterocycles. The molecule has 0 saturated carbocycles. The van der Waals surface area contributed by atoms with Crippen molar-refractivity contribution in [2.24, 2.45) is 0 Å². The van der Waals surface area contributed by atoms with Gasteiger partial charge in [-0.25, -0.2) is 4.98 Å². The first-order valence-electron chi connectivity index (χ1n) is 9.04. The summed E-state index contributed by atoms with van der Waals surface area (Å²) in [6, 6.07) is 10.9. The van der Waals surface area contributed by atoms with Gasteiger partial charge in [0.2, 0.25) is 4.96 Å². The number of thiazole rings is 1. The Kier molecular flexibility index (Phi) is 5.94. The molecule has 6 nitrogen and oxygen atoms in total. The second-order valence-electron chi connectivity index (χ2n) is 6.49. The number of fused-ring (bicyclic) bond motifs is 1. The Morgan fingerprint density at radius 2 is 1.87 bits per heavy atom. The molecule has 0 aliphatic rings. The molecule has 0 atom stereocenters. The van der Waals surface area contributed by atoms with Crippen LogP contribution in [0.5, 0.6) is 11.5 Å². The highest BCUT2D eigenvalue weighted by Gasteiger charge is 2.12. The number of aromatic nitrogens is 3. The zero-order chi connectivity index (χ0) is 21.3. The van der Waals surface area contributed by atoms with E-state index in [-0.39, 0.29) is 5.56 Å². The molecule has 0 fully saturated rings. The van der Waals surface area contributed by atoms with Crippen LogP contribution in [0.4, 0.5) is 0 Å². The van der Waals surface area contributed by atoms with E-state index in [2.05, 4.69) is 10.1 Å². The molecule has 0 radical (unpaired) electrons. The molecule has 0 amide bonds. The third kappa shape index (κ3) is 4.14. The van der Waals surface area contributed by atoms with Crippen LogP contribution in [0, 0.1) is 0 Å². The lowest BCUT2D eigenvalue weighted by Gasteiger charge is -2.08. The summed E-state index contributed by atoms with van der Waals surface area (Å²) in [5.74, 6) is 1.98. The summed E-state index contributed by atoms with van der Waals surface area (Å²) in [6.07, 6.45) is 3.04. The molecular formula is C21H17Cl2N3O3S. The highest BCUT2D eigenvalue weighted by atomic mass is 35.5. The lowest BCUT2D eigenvalue weighted by molar-refractivity contribution is 0.354. The summed E-state index contributed by atoms with van der Waals surface area (Å²) >= 11 is 13.4. The van der Waals surface area contributed by atoms with Gasteiger partial charge in [0, 0.05) is 16.5 Å². The van der Waals surface area contributed by atoms with Gasteiger partial charge >= 0.3 is 0 Å². The Labute approximate surface area is 186 Å². The first kappa shape index (κ1) is 20.7. The van der Waals surface area contributed by atoms with Gasteiger partial charge in [-0.3, -0.25) is 4.79 Å². The van der Waals surface area contributed by atoms with Crippen LogP contribution < -0.4 is 19.6 Å². The average molecular weight is 462 g/mol. The minimum absolute atomic E-state index is 0.217. The van der Waals surface area contributed by atoms with Crippen molar-refractivity contribution in [3.05, 3.63) is 78.3 Å². The predicted octanol–water partition coefficient (Wildman–Crippen LogP) is 3.81. The van der Waals surface area contributed by atoms with Crippen LogP contribution >= 0.6 is 34.5 Å². The van der Waals surface area contributed by atoms with Crippen molar-refractivity contribution in [2.45, 2.75) is 12.8 Å². The summed E-state index contributed by atoms with van der Waals surface area (Å²) in [5.41, 5.74) is 1.57. The van der Waals surface area contributed by atoms with Crippen LogP contribution in [0.1, 0.15) is 17.0 Å². The fraction of sp³-hybridized carbons (Fsp3) is 0.190. The third-order valence-corrected chi connectivity index (χ3v) is 6.08. The summed E-state index contributed by atoms with van der Waals surface area (Å²) in [6.45, 7) is 0. The van der Waals surface area contributed by atoms with Crippen molar-refractivity contribution in [1.82, 2.24) is 14.6 Å². The zero-order valence-corrected chi connectivity index (χ0v) is 18.5. The maximum absolute atomic E-state index is 12.7. The van der Waals surface area contributed by atoms with Crippen LogP contribution in [0.25, 0.3) is 11.0 Å². The zero-order valence-electron chi connectivity index (χ0n) is 16.2. The average Bonchev–Trinajstić information content (AvgIpc) is 3.27. The largest absolute Gasteiger partial charge is 0.493 e. The molecule has 0 saturated heterocycles. The Balaban J connectivity index is 1.57. The molecule has 4 aromatic rings. The lowest BCUT2D eigenvalue weighted by Crippen LogP contribution is -2.23. The van der Waals surface area contributed by atoms with Gasteiger partial charge in [-0.15, -0.1) is 5.10 Å². The molecule has 0 bridgehead atoms. The van der Waals surface area contributed by atoms with Gasteiger partial charge in [0.15, 0.2) is 17.3 Å². The smallest absolute Gasteiger partial charge is 0.291 e. The summed E-state index contributed by atoms with van der Waals surface area (Å²) in [4.78, 5) is 17.8. The van der Waals surface area contributed by atoms with E-state index in [1.807, 2.05) is 18.2 Å². The van der Waals surface area contributed by atoms with Gasteiger partial charge in [-0.1, -0.05) is 46.7 Å². The van der Waals surface area contributed by atoms with E-state index in [0.29, 0.717) is 49.7 Å². The number of benzene rings is 2. The normalized spacial score (nSPS) is 11.9. The van der Waals surface area contributed by atoms with Crippen molar-refractivity contribution >= 4 is 45.6 Å². The van der Waals surface area contributed by atoms with Crippen molar-refractivity contribution < 1.29 is 9.47 Å². The minimum Gasteiger partial charge on any atom is -0.493 e. The molecule has 30 heavy (non-hydrogen) atoms. The molecular weight excluding hydrogens is 445 g/mol. The van der Waals surface area contributed by atoms with E-state index < -0.39 is 0 Å². The first-order valence-corrected chi connectivity index (χ1v) is 10.6. The van der Waals surface area contributed by atoms with Crippen LogP contribution in [0.3, 0.4) is 0 Å². The molecule has 0 aliphatic heterocycles. The van der Waals surface area contributed by atoms with Crippen LogP contribution in [-0.4, -0.2) is 28.8 Å². The van der Waals surface area contributed by atoms with Crippen LogP contribution in [0.15, 0.2) is 41.2 Å². The van der Waals surface area contributed by atoms with Gasteiger partial charge in [-0.2, -0.15) is 4.52 Å². The van der Waals surface area contributed by atoms with E-state index in [0.717, 1.165) is 11.1 Å². The van der Waals surface area contributed by atoms with Crippen molar-refractivity contribution in [2.75, 3.05) is 14.2 Å². The quantitative estimate of drug-likeness (QED) is 0.436. The summed E-state index contributed by atoms with van der Waals surface area (Å²) < 4.78 is 12.4. The van der Waals surface area contributed by atoms with Crippen molar-refractivity contribution in [1.29, 1.82) is 0 Å². The van der Waals surface area contributed by atoms with Crippen LogP contribution in [-0.2, 0) is 12.8 Å². The number of ether oxygens (including phenoxy) is 2. The summed E-state index contributed by atoms with van der Waals surface area (Å²) in [7, 11) is 3.21. The highest BCUT2D eigenvalue weighted by Crippen LogP contribution is 2.28. The van der Waals surface area contributed by atoms with E-state index >= 15 is 0 Å². The number of hydrogen-bond acceptors (Lipinski definition) is 6. The van der Waals surface area contributed by atoms with E-state index in [1.165, 1.54) is 15.9 Å². The number of rotatable bonds is 6. The molecule has 2 aromatic carbocycles. The van der Waals surface area contributed by atoms with E-state index in [9.17, 15) is 4.79 Å². The van der Waals surface area contributed by atoms with Gasteiger partial charge in [0.05, 0.1) is 18.8 Å². The summed E-state index contributed by atoms with van der Waals surface area (Å²) in [5, 5.41) is 5.40. The monoisotopic (exact) mass is 461 g/mol. The molecule has 154 valence electrons. The molecule has 9 heteroatoms. The second kappa shape index (κ2) is 8.63. The molecule has 0 N–H and O–H groups in total. The number of halogens is 2. The number of hydrogen-bond donors (Lipinski definition) is 0. The fourth-order valence-electron chi connectivity index (χ4n) is 3.03.